The first-order valence-corrected chi connectivity index (χ1v) is 8.84. The van der Waals surface area contributed by atoms with E-state index in [0.717, 1.165) is 4.90 Å². The lowest BCUT2D eigenvalue weighted by atomic mass is 9.82. The number of ether oxygens (including phenoxy) is 2. The fourth-order valence-electron chi connectivity index (χ4n) is 2.98. The van der Waals surface area contributed by atoms with Crippen LogP contribution in [0.4, 0.5) is 9.59 Å². The minimum absolute atomic E-state index is 0.0358. The maximum absolute atomic E-state index is 12.5. The predicted octanol–water partition coefficient (Wildman–Crippen LogP) is 3.92. The molecule has 0 atom stereocenters. The Morgan fingerprint density at radius 2 is 1.69 bits per heavy atom. The van der Waals surface area contributed by atoms with Crippen LogP contribution in [-0.2, 0) is 9.53 Å². The SMILES string of the molecule is CC(C)OC(=O)N(CC1CCC(C(=O)O)CC1)C(=O)Oc1ccccc1. The standard InChI is InChI=1S/C19H25NO6/c1-13(2)25-18(23)20(19(24)26-16-6-4-3-5-7-16)12-14-8-10-15(11-9-14)17(21)22/h3-7,13-15H,8-12H2,1-2H3,(H,21,22). The molecule has 1 aromatic carbocycles. The second-order valence-electron chi connectivity index (χ2n) is 6.78. The van der Waals surface area contributed by atoms with Crippen molar-refractivity contribution in [2.45, 2.75) is 45.6 Å². The summed E-state index contributed by atoms with van der Waals surface area (Å²) in [6.45, 7) is 3.57. The number of rotatable bonds is 5. The topological polar surface area (TPSA) is 93.1 Å². The smallest absolute Gasteiger partial charge is 0.424 e. The maximum Gasteiger partial charge on any atom is 0.424 e. The van der Waals surface area contributed by atoms with E-state index in [9.17, 15) is 14.4 Å². The van der Waals surface area contributed by atoms with Crippen molar-refractivity contribution < 1.29 is 29.0 Å². The number of para-hydroxylation sites is 1. The second kappa shape index (κ2) is 9.22. The molecule has 0 aromatic heterocycles. The number of carbonyl (C=O) groups excluding carboxylic acids is 2. The Kier molecular flexibility index (Phi) is 7.00. The monoisotopic (exact) mass is 363 g/mol. The Bertz CT molecular complexity index is 622. The molecule has 0 saturated heterocycles. The molecular formula is C19H25NO6. The van der Waals surface area contributed by atoms with Gasteiger partial charge in [0.2, 0.25) is 0 Å². The number of carboxylic acid groups (broad SMARTS) is 1. The van der Waals surface area contributed by atoms with E-state index in [0.29, 0.717) is 31.4 Å². The Morgan fingerprint density at radius 1 is 1.08 bits per heavy atom. The van der Waals surface area contributed by atoms with Crippen molar-refractivity contribution in [1.29, 1.82) is 0 Å². The van der Waals surface area contributed by atoms with Crippen LogP contribution in [0.5, 0.6) is 5.75 Å². The molecule has 0 spiro atoms. The van der Waals surface area contributed by atoms with E-state index in [1.165, 1.54) is 0 Å². The second-order valence-corrected chi connectivity index (χ2v) is 6.78. The van der Waals surface area contributed by atoms with Crippen LogP contribution >= 0.6 is 0 Å². The molecular weight excluding hydrogens is 338 g/mol. The summed E-state index contributed by atoms with van der Waals surface area (Å²) in [6.07, 6.45) is 0.463. The summed E-state index contributed by atoms with van der Waals surface area (Å²) in [5.41, 5.74) is 0. The highest BCUT2D eigenvalue weighted by atomic mass is 16.6. The average molecular weight is 363 g/mol. The lowest BCUT2D eigenvalue weighted by molar-refractivity contribution is -0.143. The molecule has 2 rings (SSSR count). The number of benzene rings is 1. The van der Waals surface area contributed by atoms with Crippen LogP contribution in [0.3, 0.4) is 0 Å². The zero-order chi connectivity index (χ0) is 19.1. The molecule has 7 heteroatoms. The molecule has 1 saturated carbocycles. The largest absolute Gasteiger partial charge is 0.481 e. The van der Waals surface area contributed by atoms with Crippen LogP contribution in [0.2, 0.25) is 0 Å². The molecule has 0 aliphatic heterocycles. The van der Waals surface area contributed by atoms with Crippen molar-refractivity contribution >= 4 is 18.2 Å². The highest BCUT2D eigenvalue weighted by Gasteiger charge is 2.32. The van der Waals surface area contributed by atoms with Gasteiger partial charge in [0.25, 0.3) is 0 Å². The van der Waals surface area contributed by atoms with Gasteiger partial charge in [0.1, 0.15) is 5.75 Å². The van der Waals surface area contributed by atoms with Gasteiger partial charge in [-0.05, 0) is 57.6 Å². The molecule has 7 nitrogen and oxygen atoms in total. The van der Waals surface area contributed by atoms with Crippen molar-refractivity contribution in [3.63, 3.8) is 0 Å². The van der Waals surface area contributed by atoms with E-state index in [1.807, 2.05) is 0 Å². The molecule has 142 valence electrons. The lowest BCUT2D eigenvalue weighted by Gasteiger charge is -2.30. The Morgan fingerprint density at radius 3 is 2.23 bits per heavy atom. The summed E-state index contributed by atoms with van der Waals surface area (Å²) in [7, 11) is 0. The minimum atomic E-state index is -0.790. The first-order chi connectivity index (χ1) is 12.4. The molecule has 0 heterocycles. The van der Waals surface area contributed by atoms with Crippen molar-refractivity contribution in [2.75, 3.05) is 6.54 Å². The van der Waals surface area contributed by atoms with Crippen LogP contribution in [0.15, 0.2) is 30.3 Å². The molecule has 1 aromatic rings. The molecule has 26 heavy (non-hydrogen) atoms. The van der Waals surface area contributed by atoms with Gasteiger partial charge in [-0.25, -0.2) is 14.5 Å². The van der Waals surface area contributed by atoms with Crippen LogP contribution in [0, 0.1) is 11.8 Å². The summed E-state index contributed by atoms with van der Waals surface area (Å²) >= 11 is 0. The third-order valence-electron chi connectivity index (χ3n) is 4.36. The van der Waals surface area contributed by atoms with Crippen molar-refractivity contribution in [3.05, 3.63) is 30.3 Å². The van der Waals surface area contributed by atoms with Gasteiger partial charge in [-0.3, -0.25) is 4.79 Å². The molecule has 0 bridgehead atoms. The maximum atomic E-state index is 12.5. The Hall–Kier alpha value is -2.57. The van der Waals surface area contributed by atoms with Gasteiger partial charge in [0.15, 0.2) is 0 Å². The fourth-order valence-corrected chi connectivity index (χ4v) is 2.98. The number of amides is 2. The number of carbonyl (C=O) groups is 3. The summed E-state index contributed by atoms with van der Waals surface area (Å²) in [6, 6.07) is 8.51. The molecule has 2 amide bonds. The third kappa shape index (κ3) is 5.75. The molecule has 0 unspecified atom stereocenters. The van der Waals surface area contributed by atoms with Crippen molar-refractivity contribution in [1.82, 2.24) is 4.90 Å². The highest BCUT2D eigenvalue weighted by Crippen LogP contribution is 2.30. The lowest BCUT2D eigenvalue weighted by Crippen LogP contribution is -2.43. The zero-order valence-electron chi connectivity index (χ0n) is 15.1. The van der Waals surface area contributed by atoms with Crippen molar-refractivity contribution in [3.8, 4) is 5.75 Å². The fraction of sp³-hybridized carbons (Fsp3) is 0.526. The Balaban J connectivity index is 2.02. The summed E-state index contributed by atoms with van der Waals surface area (Å²) in [4.78, 5) is 36.9. The Labute approximate surface area is 152 Å². The first-order valence-electron chi connectivity index (χ1n) is 8.84. The summed E-state index contributed by atoms with van der Waals surface area (Å²) < 4.78 is 10.4. The van der Waals surface area contributed by atoms with Gasteiger partial charge in [0.05, 0.1) is 12.0 Å². The molecule has 1 fully saturated rings. The van der Waals surface area contributed by atoms with Crippen LogP contribution in [0.25, 0.3) is 0 Å². The van der Waals surface area contributed by atoms with E-state index in [2.05, 4.69) is 0 Å². The van der Waals surface area contributed by atoms with Crippen LogP contribution in [0.1, 0.15) is 39.5 Å². The number of imide groups is 1. The minimum Gasteiger partial charge on any atom is -0.481 e. The molecule has 0 radical (unpaired) electrons. The van der Waals surface area contributed by atoms with Gasteiger partial charge >= 0.3 is 18.2 Å². The molecule has 1 N–H and O–H groups in total. The van der Waals surface area contributed by atoms with Gasteiger partial charge in [0, 0.05) is 6.54 Å². The molecule has 1 aliphatic rings. The van der Waals surface area contributed by atoms with Crippen LogP contribution < -0.4 is 4.74 Å². The normalized spacial score (nSPS) is 19.7. The van der Waals surface area contributed by atoms with E-state index < -0.39 is 18.2 Å². The van der Waals surface area contributed by atoms with Gasteiger partial charge in [-0.15, -0.1) is 0 Å². The number of carboxylic acids is 1. The number of nitrogens with zero attached hydrogens (tertiary/aromatic N) is 1. The first kappa shape index (κ1) is 19.8. The van der Waals surface area contributed by atoms with Gasteiger partial charge < -0.3 is 14.6 Å². The summed E-state index contributed by atoms with van der Waals surface area (Å²) in [5, 5.41) is 9.09. The van der Waals surface area contributed by atoms with E-state index in [-0.39, 0.29) is 24.5 Å². The summed E-state index contributed by atoms with van der Waals surface area (Å²) in [5.74, 6) is -0.760. The number of hydrogen-bond acceptors (Lipinski definition) is 5. The highest BCUT2D eigenvalue weighted by molar-refractivity contribution is 5.88. The zero-order valence-corrected chi connectivity index (χ0v) is 15.1. The third-order valence-corrected chi connectivity index (χ3v) is 4.36. The number of aliphatic carboxylic acids is 1. The van der Waals surface area contributed by atoms with Crippen molar-refractivity contribution in [2.24, 2.45) is 11.8 Å². The van der Waals surface area contributed by atoms with E-state index in [1.54, 1.807) is 44.2 Å². The number of hydrogen-bond donors (Lipinski definition) is 1. The predicted molar refractivity (Wildman–Crippen MR) is 93.9 cm³/mol. The quantitative estimate of drug-likeness (QED) is 0.852. The van der Waals surface area contributed by atoms with E-state index >= 15 is 0 Å². The van der Waals surface area contributed by atoms with Crippen LogP contribution in [-0.4, -0.2) is 40.8 Å². The van der Waals surface area contributed by atoms with Gasteiger partial charge in [-0.1, -0.05) is 18.2 Å². The average Bonchev–Trinajstić information content (AvgIpc) is 2.60. The molecule has 1 aliphatic carbocycles. The van der Waals surface area contributed by atoms with Gasteiger partial charge in [-0.2, -0.15) is 0 Å². The van der Waals surface area contributed by atoms with E-state index in [4.69, 9.17) is 14.6 Å².